The summed E-state index contributed by atoms with van der Waals surface area (Å²) < 4.78 is 14.0. The maximum absolute atomic E-state index is 14.0. The van der Waals surface area contributed by atoms with Crippen LogP contribution >= 0.6 is 0 Å². The van der Waals surface area contributed by atoms with Crippen LogP contribution in [0.1, 0.15) is 0 Å². The quantitative estimate of drug-likeness (QED) is 0.571. The standard InChI is InChI=1S/C15H9FO/c16-14-9-10-5-1-2-6-11(10)15(17)13-8-4-3-7-12(13)14/h1-9H. The highest BCUT2D eigenvalue weighted by atomic mass is 19.1. The molecule has 0 aliphatic rings. The van der Waals surface area contributed by atoms with E-state index in [4.69, 9.17) is 0 Å². The molecular weight excluding hydrogens is 215 g/mol. The average Bonchev–Trinajstić information content (AvgIpc) is 2.48. The van der Waals surface area contributed by atoms with Crippen molar-refractivity contribution in [2.75, 3.05) is 0 Å². The molecule has 0 saturated carbocycles. The molecule has 0 spiro atoms. The van der Waals surface area contributed by atoms with E-state index in [1.54, 1.807) is 48.5 Å². The van der Waals surface area contributed by atoms with E-state index < -0.39 is 0 Å². The molecule has 0 aliphatic carbocycles. The topological polar surface area (TPSA) is 17.1 Å². The Labute approximate surface area is 97.1 Å². The maximum Gasteiger partial charge on any atom is 0.194 e. The second-order valence-corrected chi connectivity index (χ2v) is 3.95. The molecule has 0 amide bonds. The SMILES string of the molecule is O=c1c2ccccc2cc(F)c2ccccc12. The van der Waals surface area contributed by atoms with Gasteiger partial charge in [0, 0.05) is 16.2 Å². The third-order valence-corrected chi connectivity index (χ3v) is 2.92. The summed E-state index contributed by atoms with van der Waals surface area (Å²) in [6.07, 6.45) is 0. The highest BCUT2D eigenvalue weighted by Crippen LogP contribution is 2.18. The lowest BCUT2D eigenvalue weighted by atomic mass is 10.1. The van der Waals surface area contributed by atoms with E-state index in [0.29, 0.717) is 21.5 Å². The molecule has 0 atom stereocenters. The first-order valence-electron chi connectivity index (χ1n) is 5.38. The summed E-state index contributed by atoms with van der Waals surface area (Å²) in [4.78, 5) is 12.3. The van der Waals surface area contributed by atoms with Gasteiger partial charge in [0.25, 0.3) is 0 Å². The number of benzene rings is 2. The summed E-state index contributed by atoms with van der Waals surface area (Å²) in [5.41, 5.74) is -0.125. The fraction of sp³-hybridized carbons (Fsp3) is 0. The van der Waals surface area contributed by atoms with Crippen molar-refractivity contribution in [2.45, 2.75) is 0 Å². The van der Waals surface area contributed by atoms with Gasteiger partial charge in [-0.3, -0.25) is 4.79 Å². The van der Waals surface area contributed by atoms with E-state index in [9.17, 15) is 9.18 Å². The van der Waals surface area contributed by atoms with Crippen molar-refractivity contribution in [3.63, 3.8) is 0 Å². The van der Waals surface area contributed by atoms with Gasteiger partial charge in [-0.15, -0.1) is 0 Å². The molecule has 3 rings (SSSR count). The predicted molar refractivity (Wildman–Crippen MR) is 67.7 cm³/mol. The first-order valence-corrected chi connectivity index (χ1v) is 5.38. The Morgan fingerprint density at radius 1 is 0.765 bits per heavy atom. The monoisotopic (exact) mass is 224 g/mol. The van der Waals surface area contributed by atoms with Crippen molar-refractivity contribution < 1.29 is 4.39 Å². The minimum atomic E-state index is -0.362. The fourth-order valence-corrected chi connectivity index (χ4v) is 2.08. The van der Waals surface area contributed by atoms with Gasteiger partial charge in [-0.25, -0.2) is 4.39 Å². The summed E-state index contributed by atoms with van der Waals surface area (Å²) in [5, 5.41) is 1.97. The van der Waals surface area contributed by atoms with E-state index in [1.807, 2.05) is 0 Å². The van der Waals surface area contributed by atoms with Gasteiger partial charge in [-0.05, 0) is 11.5 Å². The Hall–Kier alpha value is -2.22. The fourth-order valence-electron chi connectivity index (χ4n) is 2.08. The Kier molecular flexibility index (Phi) is 2.15. The Morgan fingerprint density at radius 3 is 2.12 bits per heavy atom. The van der Waals surface area contributed by atoms with Crippen LogP contribution in [-0.4, -0.2) is 0 Å². The van der Waals surface area contributed by atoms with Crippen LogP contribution in [0.5, 0.6) is 0 Å². The van der Waals surface area contributed by atoms with E-state index in [-0.39, 0.29) is 11.2 Å². The molecule has 17 heavy (non-hydrogen) atoms. The molecule has 0 unspecified atom stereocenters. The molecule has 2 heteroatoms. The second-order valence-electron chi connectivity index (χ2n) is 3.95. The Balaban J connectivity index is 2.73. The van der Waals surface area contributed by atoms with Crippen molar-refractivity contribution in [1.29, 1.82) is 0 Å². The van der Waals surface area contributed by atoms with Crippen LogP contribution in [0.4, 0.5) is 4.39 Å². The third kappa shape index (κ3) is 1.49. The highest BCUT2D eigenvalue weighted by Gasteiger charge is 2.05. The van der Waals surface area contributed by atoms with Crippen LogP contribution in [0.2, 0.25) is 0 Å². The van der Waals surface area contributed by atoms with Crippen LogP contribution in [0.15, 0.2) is 59.4 Å². The van der Waals surface area contributed by atoms with E-state index in [0.717, 1.165) is 0 Å². The lowest BCUT2D eigenvalue weighted by molar-refractivity contribution is 0.642. The van der Waals surface area contributed by atoms with Crippen molar-refractivity contribution in [2.24, 2.45) is 0 Å². The minimum Gasteiger partial charge on any atom is -0.289 e. The average molecular weight is 224 g/mol. The summed E-state index contributed by atoms with van der Waals surface area (Å²) in [5.74, 6) is -0.362. The molecule has 0 bridgehead atoms. The van der Waals surface area contributed by atoms with E-state index in [1.165, 1.54) is 6.07 Å². The van der Waals surface area contributed by atoms with Crippen LogP contribution in [0, 0.1) is 5.82 Å². The number of fused-ring (bicyclic) bond motifs is 2. The zero-order valence-electron chi connectivity index (χ0n) is 8.98. The lowest BCUT2D eigenvalue weighted by Crippen LogP contribution is -1.97. The van der Waals surface area contributed by atoms with Crippen LogP contribution in [0.3, 0.4) is 0 Å². The molecule has 1 nitrogen and oxygen atoms in total. The number of hydrogen-bond donors (Lipinski definition) is 0. The summed E-state index contributed by atoms with van der Waals surface area (Å²) >= 11 is 0. The number of rotatable bonds is 0. The molecule has 0 N–H and O–H groups in total. The third-order valence-electron chi connectivity index (χ3n) is 2.92. The maximum atomic E-state index is 14.0. The Bertz CT molecular complexity index is 778. The molecule has 0 aromatic heterocycles. The van der Waals surface area contributed by atoms with Gasteiger partial charge in [0.15, 0.2) is 5.43 Å². The molecule has 0 fully saturated rings. The summed E-state index contributed by atoms with van der Waals surface area (Å²) in [6, 6.07) is 15.2. The van der Waals surface area contributed by atoms with E-state index in [2.05, 4.69) is 0 Å². The van der Waals surface area contributed by atoms with Crippen LogP contribution in [-0.2, 0) is 0 Å². The largest absolute Gasteiger partial charge is 0.289 e. The van der Waals surface area contributed by atoms with Crippen LogP contribution < -0.4 is 5.43 Å². The van der Waals surface area contributed by atoms with Crippen LogP contribution in [0.25, 0.3) is 21.5 Å². The first-order chi connectivity index (χ1) is 8.27. The molecule has 0 radical (unpaired) electrons. The smallest absolute Gasteiger partial charge is 0.194 e. The predicted octanol–water partition coefficient (Wildman–Crippen LogP) is 3.49. The highest BCUT2D eigenvalue weighted by molar-refractivity contribution is 5.93. The van der Waals surface area contributed by atoms with Crippen molar-refractivity contribution in [3.8, 4) is 0 Å². The molecule has 0 aliphatic heterocycles. The first kappa shape index (κ1) is 9.97. The molecule has 0 saturated heterocycles. The Morgan fingerprint density at radius 2 is 1.35 bits per heavy atom. The number of halogens is 1. The molecule has 3 aromatic carbocycles. The van der Waals surface area contributed by atoms with Gasteiger partial charge in [-0.1, -0.05) is 48.5 Å². The molecule has 3 aromatic rings. The zero-order valence-corrected chi connectivity index (χ0v) is 8.98. The summed E-state index contributed by atoms with van der Waals surface area (Å²) in [6.45, 7) is 0. The molecule has 0 heterocycles. The van der Waals surface area contributed by atoms with Gasteiger partial charge in [-0.2, -0.15) is 0 Å². The van der Waals surface area contributed by atoms with Crippen molar-refractivity contribution in [3.05, 3.63) is 70.6 Å². The van der Waals surface area contributed by atoms with Gasteiger partial charge >= 0.3 is 0 Å². The normalized spacial score (nSPS) is 10.9. The number of hydrogen-bond acceptors (Lipinski definition) is 1. The van der Waals surface area contributed by atoms with Gasteiger partial charge in [0.05, 0.1) is 0 Å². The summed E-state index contributed by atoms with van der Waals surface area (Å²) in [7, 11) is 0. The molecule has 82 valence electrons. The van der Waals surface area contributed by atoms with Crippen molar-refractivity contribution >= 4 is 21.5 Å². The van der Waals surface area contributed by atoms with Gasteiger partial charge in [0.2, 0.25) is 0 Å². The minimum absolute atomic E-state index is 0.125. The van der Waals surface area contributed by atoms with E-state index >= 15 is 0 Å². The van der Waals surface area contributed by atoms with Gasteiger partial charge in [0.1, 0.15) is 5.82 Å². The van der Waals surface area contributed by atoms with Gasteiger partial charge < -0.3 is 0 Å². The molecular formula is C15H9FO. The second kappa shape index (κ2) is 3.67. The zero-order chi connectivity index (χ0) is 11.8. The van der Waals surface area contributed by atoms with Crippen molar-refractivity contribution in [1.82, 2.24) is 0 Å². The lowest BCUT2D eigenvalue weighted by Gasteiger charge is -1.90.